The summed E-state index contributed by atoms with van der Waals surface area (Å²) in [6.07, 6.45) is -4.76. The number of alkyl halides is 3. The summed E-state index contributed by atoms with van der Waals surface area (Å²) < 4.78 is 51.2. The molecule has 0 unspecified atom stereocenters. The largest absolute Gasteiger partial charge is 0.451 e. The molecule has 1 aromatic carbocycles. The third-order valence-corrected chi connectivity index (χ3v) is 2.44. The number of hydrogen-bond acceptors (Lipinski definition) is 3. The molecule has 0 aliphatic rings. The lowest BCUT2D eigenvalue weighted by Crippen LogP contribution is -2.13. The van der Waals surface area contributed by atoms with E-state index in [1.54, 1.807) is 0 Å². The molecule has 0 aliphatic heterocycles. The summed E-state index contributed by atoms with van der Waals surface area (Å²) in [5.41, 5.74) is 4.88. The fraction of sp³-hybridized carbons (Fsp3) is 0.0909. The SMILES string of the molecule is Nc1cc(-c2ccc(Cl)cc2F)nc(C(F)(F)F)n1. The highest BCUT2D eigenvalue weighted by atomic mass is 35.5. The van der Waals surface area contributed by atoms with E-state index in [4.69, 9.17) is 17.3 Å². The van der Waals surface area contributed by atoms with Crippen molar-refractivity contribution in [1.29, 1.82) is 0 Å². The van der Waals surface area contributed by atoms with Crippen LogP contribution < -0.4 is 5.73 Å². The maximum absolute atomic E-state index is 13.6. The van der Waals surface area contributed by atoms with Crippen LogP contribution in [0.3, 0.4) is 0 Å². The van der Waals surface area contributed by atoms with E-state index in [-0.39, 0.29) is 16.3 Å². The highest BCUT2D eigenvalue weighted by Crippen LogP contribution is 2.30. The third-order valence-electron chi connectivity index (χ3n) is 2.21. The molecule has 0 amide bonds. The average Bonchev–Trinajstić information content (AvgIpc) is 2.26. The Balaban J connectivity index is 2.59. The number of rotatable bonds is 1. The molecule has 1 heterocycles. The smallest absolute Gasteiger partial charge is 0.384 e. The number of aromatic nitrogens is 2. The van der Waals surface area contributed by atoms with Crippen molar-refractivity contribution in [2.24, 2.45) is 0 Å². The minimum atomic E-state index is -4.76. The van der Waals surface area contributed by atoms with Gasteiger partial charge in [0.25, 0.3) is 0 Å². The Morgan fingerprint density at radius 3 is 2.37 bits per heavy atom. The third kappa shape index (κ3) is 2.93. The molecule has 3 nitrogen and oxygen atoms in total. The van der Waals surface area contributed by atoms with Gasteiger partial charge in [0.1, 0.15) is 11.6 Å². The van der Waals surface area contributed by atoms with E-state index in [0.717, 1.165) is 12.1 Å². The first-order valence-corrected chi connectivity index (χ1v) is 5.32. The zero-order valence-electron chi connectivity index (χ0n) is 9.17. The minimum absolute atomic E-state index is 0.124. The van der Waals surface area contributed by atoms with Gasteiger partial charge >= 0.3 is 6.18 Å². The molecule has 0 saturated heterocycles. The lowest BCUT2D eigenvalue weighted by Gasteiger charge is -2.09. The number of hydrogen-bond donors (Lipinski definition) is 1. The van der Waals surface area contributed by atoms with Gasteiger partial charge in [-0.15, -0.1) is 0 Å². The lowest BCUT2D eigenvalue weighted by atomic mass is 10.1. The van der Waals surface area contributed by atoms with Crippen molar-refractivity contribution in [2.45, 2.75) is 6.18 Å². The number of halogens is 5. The standard InChI is InChI=1S/C11H6ClF4N3/c12-5-1-2-6(7(13)3-5)8-4-9(17)19-10(18-8)11(14,15)16/h1-4H,(H2,17,18,19). The predicted molar refractivity (Wildman–Crippen MR) is 61.9 cm³/mol. The van der Waals surface area contributed by atoms with Crippen LogP contribution in [-0.2, 0) is 6.18 Å². The van der Waals surface area contributed by atoms with E-state index in [9.17, 15) is 17.6 Å². The first-order valence-electron chi connectivity index (χ1n) is 4.94. The van der Waals surface area contributed by atoms with E-state index in [0.29, 0.717) is 0 Å². The Morgan fingerprint density at radius 1 is 1.11 bits per heavy atom. The van der Waals surface area contributed by atoms with Gasteiger partial charge in [-0.3, -0.25) is 0 Å². The lowest BCUT2D eigenvalue weighted by molar-refractivity contribution is -0.144. The first kappa shape index (κ1) is 13.5. The zero-order chi connectivity index (χ0) is 14.2. The molecule has 0 fully saturated rings. The molecule has 0 aliphatic carbocycles. The van der Waals surface area contributed by atoms with Crippen LogP contribution in [0.4, 0.5) is 23.4 Å². The Kier molecular flexibility index (Phi) is 3.32. The highest BCUT2D eigenvalue weighted by molar-refractivity contribution is 6.30. The van der Waals surface area contributed by atoms with Crippen molar-refractivity contribution in [3.8, 4) is 11.3 Å². The Labute approximate surface area is 110 Å². The Morgan fingerprint density at radius 2 is 1.79 bits per heavy atom. The second-order valence-electron chi connectivity index (χ2n) is 3.62. The van der Waals surface area contributed by atoms with Crippen molar-refractivity contribution in [1.82, 2.24) is 9.97 Å². The molecule has 2 N–H and O–H groups in total. The van der Waals surface area contributed by atoms with Crippen LogP contribution >= 0.6 is 11.6 Å². The summed E-state index contributed by atoms with van der Waals surface area (Å²) in [5.74, 6) is -2.61. The maximum Gasteiger partial charge on any atom is 0.451 e. The van der Waals surface area contributed by atoms with Gasteiger partial charge in [-0.25, -0.2) is 14.4 Å². The summed E-state index contributed by atoms with van der Waals surface area (Å²) in [7, 11) is 0. The fourth-order valence-corrected chi connectivity index (χ4v) is 1.59. The molecule has 8 heteroatoms. The van der Waals surface area contributed by atoms with Crippen LogP contribution in [0.25, 0.3) is 11.3 Å². The number of nitrogens with two attached hydrogens (primary N) is 1. The molecule has 0 spiro atoms. The number of anilines is 1. The van der Waals surface area contributed by atoms with Crippen LogP contribution in [0.15, 0.2) is 24.3 Å². The van der Waals surface area contributed by atoms with Gasteiger partial charge in [-0.1, -0.05) is 11.6 Å². The van der Waals surface area contributed by atoms with Crippen molar-refractivity contribution in [3.63, 3.8) is 0 Å². The van der Waals surface area contributed by atoms with Crippen molar-refractivity contribution in [3.05, 3.63) is 40.9 Å². The average molecular weight is 292 g/mol. The van der Waals surface area contributed by atoms with Crippen molar-refractivity contribution < 1.29 is 17.6 Å². The monoisotopic (exact) mass is 291 g/mol. The summed E-state index contributed by atoms with van der Waals surface area (Å²) in [6.45, 7) is 0. The molecule has 0 radical (unpaired) electrons. The van der Waals surface area contributed by atoms with E-state index in [2.05, 4.69) is 9.97 Å². The van der Waals surface area contributed by atoms with E-state index in [1.807, 2.05) is 0 Å². The van der Waals surface area contributed by atoms with Gasteiger partial charge < -0.3 is 5.73 Å². The highest BCUT2D eigenvalue weighted by Gasteiger charge is 2.35. The Bertz CT molecular complexity index is 628. The molecule has 2 rings (SSSR count). The van der Waals surface area contributed by atoms with Crippen LogP contribution in [0, 0.1) is 5.82 Å². The second-order valence-corrected chi connectivity index (χ2v) is 4.06. The molecule has 19 heavy (non-hydrogen) atoms. The van der Waals surface area contributed by atoms with E-state index >= 15 is 0 Å². The Hall–Kier alpha value is -1.89. The van der Waals surface area contributed by atoms with Gasteiger partial charge in [0.2, 0.25) is 5.82 Å². The molecule has 2 aromatic rings. The van der Waals surface area contributed by atoms with Gasteiger partial charge in [-0.2, -0.15) is 13.2 Å². The summed E-state index contributed by atoms with van der Waals surface area (Å²) in [4.78, 5) is 6.34. The molecule has 0 bridgehead atoms. The minimum Gasteiger partial charge on any atom is -0.384 e. The number of nitrogen functional groups attached to an aromatic ring is 1. The molecule has 1 aromatic heterocycles. The second kappa shape index (κ2) is 4.65. The van der Waals surface area contributed by atoms with Gasteiger partial charge in [0.15, 0.2) is 0 Å². The van der Waals surface area contributed by atoms with Crippen molar-refractivity contribution in [2.75, 3.05) is 5.73 Å². The van der Waals surface area contributed by atoms with Gasteiger partial charge in [-0.05, 0) is 18.2 Å². The zero-order valence-corrected chi connectivity index (χ0v) is 9.93. The normalized spacial score (nSPS) is 11.6. The molecule has 0 saturated carbocycles. The predicted octanol–water partition coefficient (Wildman–Crippen LogP) is 3.54. The quantitative estimate of drug-likeness (QED) is 0.818. The van der Waals surface area contributed by atoms with Gasteiger partial charge in [0.05, 0.1) is 5.69 Å². The van der Waals surface area contributed by atoms with E-state index < -0.39 is 23.6 Å². The van der Waals surface area contributed by atoms with Crippen molar-refractivity contribution >= 4 is 17.4 Å². The van der Waals surface area contributed by atoms with Crippen LogP contribution in [0.2, 0.25) is 5.02 Å². The van der Waals surface area contributed by atoms with Gasteiger partial charge in [0, 0.05) is 16.7 Å². The van der Waals surface area contributed by atoms with Crippen LogP contribution in [0.5, 0.6) is 0 Å². The summed E-state index contributed by atoms with van der Waals surface area (Å²) in [6, 6.07) is 4.59. The van der Waals surface area contributed by atoms with E-state index in [1.165, 1.54) is 12.1 Å². The fourth-order valence-electron chi connectivity index (χ4n) is 1.43. The summed E-state index contributed by atoms with van der Waals surface area (Å²) >= 11 is 5.56. The number of nitrogens with zero attached hydrogens (tertiary/aromatic N) is 2. The maximum atomic E-state index is 13.6. The first-order chi connectivity index (χ1) is 8.77. The topological polar surface area (TPSA) is 51.8 Å². The molecule has 100 valence electrons. The molecule has 0 atom stereocenters. The van der Waals surface area contributed by atoms with Crippen LogP contribution in [0.1, 0.15) is 5.82 Å². The molecular weight excluding hydrogens is 286 g/mol. The number of benzene rings is 1. The van der Waals surface area contributed by atoms with Crippen LogP contribution in [-0.4, -0.2) is 9.97 Å². The molecular formula is C11H6ClF4N3. The summed E-state index contributed by atoms with van der Waals surface area (Å²) in [5, 5.41) is 0.124.